The zero-order valence-corrected chi connectivity index (χ0v) is 25.3. The van der Waals surface area contributed by atoms with Crippen molar-refractivity contribution >= 4 is 23.2 Å². The summed E-state index contributed by atoms with van der Waals surface area (Å²) in [7, 11) is 0. The zero-order chi connectivity index (χ0) is 31.5. The molecule has 3 aromatic rings. The van der Waals surface area contributed by atoms with Crippen LogP contribution in [0.4, 0.5) is 21.7 Å². The van der Waals surface area contributed by atoms with Gasteiger partial charge in [0.15, 0.2) is 12.0 Å². The van der Waals surface area contributed by atoms with Gasteiger partial charge in [-0.05, 0) is 56.3 Å². The number of amides is 1. The maximum atomic E-state index is 14.9. The van der Waals surface area contributed by atoms with Crippen LogP contribution in [0.25, 0.3) is 11.4 Å². The molecule has 3 aliphatic rings. The van der Waals surface area contributed by atoms with Crippen LogP contribution < -0.4 is 15.0 Å². The molecule has 2 N–H and O–H groups in total. The molecule has 0 spiro atoms. The van der Waals surface area contributed by atoms with E-state index < -0.39 is 24.3 Å². The number of nitriles is 1. The molecule has 0 radical (unpaired) electrons. The molecule has 1 aromatic heterocycles. The third-order valence-corrected chi connectivity index (χ3v) is 8.62. The number of aliphatic hydroxyl groups is 1. The van der Waals surface area contributed by atoms with Crippen molar-refractivity contribution in [2.24, 2.45) is 0 Å². The van der Waals surface area contributed by atoms with E-state index in [0.717, 1.165) is 44.2 Å². The van der Waals surface area contributed by atoms with E-state index in [0.29, 0.717) is 29.4 Å². The summed E-state index contributed by atoms with van der Waals surface area (Å²) in [5.41, 5.74) is 2.79. The summed E-state index contributed by atoms with van der Waals surface area (Å²) >= 11 is 0. The standard InChI is InChI=1S/C32H37FN8O4/c1-20-15-39(11-12-41(20)26-17-44-18-26)25-6-4-24(5-7-25)37-32-36-19-35-30(38-32)22-3-8-28(23(13-22)14-34)45-29-9-10-40(16-27(29)33)31(43)21(2)42/h3-8,13,19-21,26-27,29,42H,9-12,15-18H2,1-2H3,(H,35,36,37,38)/t20-,21-,27+,29-/m0/s1. The van der Waals surface area contributed by atoms with E-state index in [9.17, 15) is 19.6 Å². The molecule has 3 aliphatic heterocycles. The maximum Gasteiger partial charge on any atom is 0.251 e. The Morgan fingerprint density at radius 3 is 2.62 bits per heavy atom. The quantitative estimate of drug-likeness (QED) is 0.386. The second-order valence-electron chi connectivity index (χ2n) is 11.8. The van der Waals surface area contributed by atoms with Crippen LogP contribution in [0.2, 0.25) is 0 Å². The molecular weight excluding hydrogens is 579 g/mol. The summed E-state index contributed by atoms with van der Waals surface area (Å²) in [5, 5.41) is 22.6. The van der Waals surface area contributed by atoms with Gasteiger partial charge in [0.25, 0.3) is 5.91 Å². The van der Waals surface area contributed by atoms with Crippen molar-refractivity contribution in [3.63, 3.8) is 0 Å². The Bertz CT molecular complexity index is 1550. The smallest absolute Gasteiger partial charge is 0.251 e. The maximum absolute atomic E-state index is 14.9. The number of carbonyl (C=O) groups is 1. The highest BCUT2D eigenvalue weighted by molar-refractivity contribution is 5.80. The van der Waals surface area contributed by atoms with Gasteiger partial charge in [-0.3, -0.25) is 9.69 Å². The number of anilines is 3. The Hall–Kier alpha value is -4.38. The molecular formula is C32H37FN8O4. The molecule has 12 nitrogen and oxygen atoms in total. The molecule has 0 bridgehead atoms. The number of rotatable bonds is 8. The first-order valence-electron chi connectivity index (χ1n) is 15.3. The van der Waals surface area contributed by atoms with Crippen LogP contribution in [-0.4, -0.2) is 112 Å². The molecule has 45 heavy (non-hydrogen) atoms. The van der Waals surface area contributed by atoms with E-state index in [1.165, 1.54) is 18.2 Å². The third kappa shape index (κ3) is 6.83. The number of likely N-dealkylation sites (tertiary alicyclic amines) is 1. The predicted octanol–water partition coefficient (Wildman–Crippen LogP) is 2.76. The average molecular weight is 617 g/mol. The fourth-order valence-electron chi connectivity index (χ4n) is 6.05. The number of nitrogens with zero attached hydrogens (tertiary/aromatic N) is 7. The van der Waals surface area contributed by atoms with Crippen molar-refractivity contribution in [3.8, 4) is 23.2 Å². The zero-order valence-electron chi connectivity index (χ0n) is 25.3. The molecule has 2 aromatic carbocycles. The lowest BCUT2D eigenvalue weighted by molar-refractivity contribution is -0.143. The van der Waals surface area contributed by atoms with E-state index in [4.69, 9.17) is 9.47 Å². The van der Waals surface area contributed by atoms with Crippen LogP contribution in [-0.2, 0) is 9.53 Å². The number of aliphatic hydroxyl groups excluding tert-OH is 1. The van der Waals surface area contributed by atoms with Gasteiger partial charge in [0.2, 0.25) is 5.95 Å². The van der Waals surface area contributed by atoms with Gasteiger partial charge < -0.3 is 29.7 Å². The number of halogens is 1. The summed E-state index contributed by atoms with van der Waals surface area (Å²) < 4.78 is 26.1. The first-order chi connectivity index (χ1) is 21.8. The Labute approximate surface area is 261 Å². The van der Waals surface area contributed by atoms with Crippen LogP contribution in [0.3, 0.4) is 0 Å². The molecule has 4 atom stereocenters. The lowest BCUT2D eigenvalue weighted by Gasteiger charge is -2.47. The van der Waals surface area contributed by atoms with Gasteiger partial charge in [-0.1, -0.05) is 0 Å². The predicted molar refractivity (Wildman–Crippen MR) is 165 cm³/mol. The van der Waals surface area contributed by atoms with Crippen LogP contribution in [0.15, 0.2) is 48.8 Å². The van der Waals surface area contributed by atoms with Crippen molar-refractivity contribution in [2.45, 2.75) is 50.7 Å². The minimum absolute atomic E-state index is 0.176. The number of piperazine rings is 1. The second kappa shape index (κ2) is 13.3. The van der Waals surface area contributed by atoms with Crippen molar-refractivity contribution < 1.29 is 23.8 Å². The summed E-state index contributed by atoms with van der Waals surface area (Å²) in [6, 6.07) is 16.2. The van der Waals surface area contributed by atoms with Crippen molar-refractivity contribution in [2.75, 3.05) is 56.2 Å². The van der Waals surface area contributed by atoms with Crippen LogP contribution in [0.1, 0.15) is 25.8 Å². The normalized spacial score (nSPS) is 23.1. The highest BCUT2D eigenvalue weighted by Gasteiger charge is 2.35. The molecule has 4 heterocycles. The number of benzene rings is 2. The highest BCUT2D eigenvalue weighted by atomic mass is 19.1. The minimum Gasteiger partial charge on any atom is -0.486 e. The number of hydrogen-bond acceptors (Lipinski definition) is 11. The molecule has 0 aliphatic carbocycles. The lowest BCUT2D eigenvalue weighted by Crippen LogP contribution is -2.60. The number of ether oxygens (including phenoxy) is 2. The molecule has 0 saturated carbocycles. The van der Waals surface area contributed by atoms with E-state index in [1.54, 1.807) is 18.2 Å². The Morgan fingerprint density at radius 1 is 1.16 bits per heavy atom. The first-order valence-corrected chi connectivity index (χ1v) is 15.3. The molecule has 6 rings (SSSR count). The van der Waals surface area contributed by atoms with Crippen LogP contribution >= 0.6 is 0 Å². The first kappa shape index (κ1) is 30.6. The number of alkyl halides is 1. The van der Waals surface area contributed by atoms with Gasteiger partial charge >= 0.3 is 0 Å². The van der Waals surface area contributed by atoms with Gasteiger partial charge in [-0.25, -0.2) is 14.4 Å². The third-order valence-electron chi connectivity index (χ3n) is 8.62. The SMILES string of the molecule is C[C@H](O)C(=O)N1CC[C@H](Oc2ccc(-c3ncnc(Nc4ccc(N5CCN(C6COC6)[C@@H](C)C5)cc4)n3)cc2C#N)[C@H](F)C1. The van der Waals surface area contributed by atoms with E-state index in [1.807, 2.05) is 12.1 Å². The van der Waals surface area contributed by atoms with Gasteiger partial charge in [0.1, 0.15) is 30.4 Å². The summed E-state index contributed by atoms with van der Waals surface area (Å²) in [5.74, 6) is 0.449. The molecule has 0 unspecified atom stereocenters. The van der Waals surface area contributed by atoms with Gasteiger partial charge in [0.05, 0.1) is 31.4 Å². The van der Waals surface area contributed by atoms with E-state index in [2.05, 4.69) is 55.2 Å². The van der Waals surface area contributed by atoms with Crippen molar-refractivity contribution in [1.82, 2.24) is 24.8 Å². The lowest BCUT2D eigenvalue weighted by atomic mass is 10.0. The number of nitrogens with one attached hydrogen (secondary N) is 1. The summed E-state index contributed by atoms with van der Waals surface area (Å²) in [4.78, 5) is 31.4. The number of aromatic nitrogens is 3. The molecule has 236 valence electrons. The topological polar surface area (TPSA) is 140 Å². The Kier molecular flexibility index (Phi) is 9.07. The summed E-state index contributed by atoms with van der Waals surface area (Å²) in [6.07, 6.45) is -1.83. The minimum atomic E-state index is -1.46. The van der Waals surface area contributed by atoms with Crippen molar-refractivity contribution in [3.05, 3.63) is 54.4 Å². The Morgan fingerprint density at radius 2 is 1.96 bits per heavy atom. The molecule has 3 saturated heterocycles. The molecule has 3 fully saturated rings. The number of carbonyl (C=O) groups excluding carboxylic acids is 1. The van der Waals surface area contributed by atoms with Gasteiger partial charge in [0, 0.05) is 55.6 Å². The van der Waals surface area contributed by atoms with E-state index >= 15 is 0 Å². The Balaban J connectivity index is 1.08. The number of piperidine rings is 1. The van der Waals surface area contributed by atoms with Crippen LogP contribution in [0, 0.1) is 11.3 Å². The second-order valence-corrected chi connectivity index (χ2v) is 11.8. The van der Waals surface area contributed by atoms with E-state index in [-0.39, 0.29) is 30.8 Å². The average Bonchev–Trinajstić information content (AvgIpc) is 3.02. The largest absolute Gasteiger partial charge is 0.486 e. The highest BCUT2D eigenvalue weighted by Crippen LogP contribution is 2.29. The monoisotopic (exact) mass is 616 g/mol. The van der Waals surface area contributed by atoms with Gasteiger partial charge in [-0.2, -0.15) is 10.2 Å². The molecule has 13 heteroatoms. The number of hydrogen-bond donors (Lipinski definition) is 2. The fraction of sp³-hybridized carbons (Fsp3) is 0.469. The fourth-order valence-corrected chi connectivity index (χ4v) is 6.05. The van der Waals surface area contributed by atoms with Crippen molar-refractivity contribution in [1.29, 1.82) is 5.26 Å². The van der Waals surface area contributed by atoms with Gasteiger partial charge in [-0.15, -0.1) is 0 Å². The summed E-state index contributed by atoms with van der Waals surface area (Å²) in [6.45, 7) is 8.33. The molecule has 1 amide bonds. The van der Waals surface area contributed by atoms with Crippen LogP contribution in [0.5, 0.6) is 5.75 Å².